The summed E-state index contributed by atoms with van der Waals surface area (Å²) < 4.78 is 0. The van der Waals surface area contributed by atoms with Crippen molar-refractivity contribution in [1.29, 1.82) is 0 Å². The number of H-pyrrole nitrogens is 1. The van der Waals surface area contributed by atoms with E-state index in [4.69, 9.17) is 22.3 Å². The fourth-order valence-electron chi connectivity index (χ4n) is 4.66. The van der Waals surface area contributed by atoms with E-state index in [0.29, 0.717) is 5.56 Å². The van der Waals surface area contributed by atoms with Crippen molar-refractivity contribution in [1.82, 2.24) is 20.9 Å². The number of aromatic nitrogens is 1. The van der Waals surface area contributed by atoms with Gasteiger partial charge in [-0.25, -0.2) is 4.79 Å². The van der Waals surface area contributed by atoms with Crippen LogP contribution in [0.4, 0.5) is 0 Å². The van der Waals surface area contributed by atoms with Crippen molar-refractivity contribution >= 4 is 46.5 Å². The summed E-state index contributed by atoms with van der Waals surface area (Å²) in [6.07, 6.45) is 1.31. The molecule has 0 radical (unpaired) electrons. The third-order valence-corrected chi connectivity index (χ3v) is 6.94. The summed E-state index contributed by atoms with van der Waals surface area (Å²) in [5, 5.41) is 26.8. The maximum absolute atomic E-state index is 13.6. The molecule has 0 saturated heterocycles. The monoisotopic (exact) mass is 622 g/mol. The second kappa shape index (κ2) is 16.4. The SMILES string of the molecule is NC(N)=NCCCC(NC(=O)C(Cc1ccccc1)NC(=O)C(N)Cc1c[nH]c2ccccc12)C(=O)NC(CC(=O)O)C(=O)O. The molecule has 45 heavy (non-hydrogen) atoms. The Kier molecular flexibility index (Phi) is 12.4. The second-order valence-electron chi connectivity index (χ2n) is 10.4. The van der Waals surface area contributed by atoms with Crippen LogP contribution in [0.1, 0.15) is 30.4 Å². The van der Waals surface area contributed by atoms with Gasteiger partial charge in [0.15, 0.2) is 5.96 Å². The Balaban J connectivity index is 1.79. The van der Waals surface area contributed by atoms with E-state index in [0.717, 1.165) is 16.5 Å². The Hall–Kier alpha value is -5.44. The number of hydrogen-bond donors (Lipinski definition) is 9. The van der Waals surface area contributed by atoms with Crippen LogP contribution >= 0.6 is 0 Å². The Morgan fingerprint density at radius 1 is 0.800 bits per heavy atom. The molecule has 0 aliphatic carbocycles. The number of nitrogens with one attached hydrogen (secondary N) is 4. The number of nitrogens with zero attached hydrogens (tertiary/aromatic N) is 1. The van der Waals surface area contributed by atoms with E-state index in [1.165, 1.54) is 0 Å². The van der Waals surface area contributed by atoms with Crippen LogP contribution in [-0.2, 0) is 36.8 Å². The smallest absolute Gasteiger partial charge is 0.326 e. The summed E-state index contributed by atoms with van der Waals surface area (Å²) in [6, 6.07) is 11.2. The van der Waals surface area contributed by atoms with Crippen LogP contribution in [0.5, 0.6) is 0 Å². The molecule has 0 spiro atoms. The number of aromatic amines is 1. The number of carbonyl (C=O) groups excluding carboxylic acids is 3. The van der Waals surface area contributed by atoms with Gasteiger partial charge in [0.05, 0.1) is 12.5 Å². The van der Waals surface area contributed by atoms with Gasteiger partial charge >= 0.3 is 11.9 Å². The van der Waals surface area contributed by atoms with Crippen molar-refractivity contribution in [2.75, 3.05) is 6.54 Å². The number of rotatable bonds is 17. The number of carboxylic acid groups (broad SMARTS) is 2. The van der Waals surface area contributed by atoms with E-state index in [1.807, 2.05) is 24.3 Å². The number of benzene rings is 2. The minimum absolute atomic E-state index is 0.0279. The maximum Gasteiger partial charge on any atom is 0.326 e. The molecule has 240 valence electrons. The summed E-state index contributed by atoms with van der Waals surface area (Å²) in [5.41, 5.74) is 19.4. The van der Waals surface area contributed by atoms with Crippen LogP contribution in [0.2, 0.25) is 0 Å². The van der Waals surface area contributed by atoms with Gasteiger partial charge in [0.1, 0.15) is 18.1 Å². The highest BCUT2D eigenvalue weighted by molar-refractivity contribution is 5.95. The average molecular weight is 623 g/mol. The van der Waals surface area contributed by atoms with Gasteiger partial charge in [0, 0.05) is 30.1 Å². The number of para-hydroxylation sites is 1. The zero-order chi connectivity index (χ0) is 32.9. The van der Waals surface area contributed by atoms with Crippen molar-refractivity contribution < 1.29 is 34.2 Å². The second-order valence-corrected chi connectivity index (χ2v) is 10.4. The van der Waals surface area contributed by atoms with Gasteiger partial charge in [-0.05, 0) is 36.5 Å². The number of amides is 3. The molecule has 3 rings (SSSR count). The average Bonchev–Trinajstić information content (AvgIpc) is 3.40. The van der Waals surface area contributed by atoms with Gasteiger partial charge in [-0.2, -0.15) is 0 Å². The third kappa shape index (κ3) is 10.7. The number of guanidine groups is 1. The molecule has 3 aromatic rings. The Bertz CT molecular complexity index is 1520. The highest BCUT2D eigenvalue weighted by atomic mass is 16.4. The highest BCUT2D eigenvalue weighted by Gasteiger charge is 2.31. The number of aliphatic carboxylic acids is 2. The lowest BCUT2D eigenvalue weighted by Gasteiger charge is -2.25. The summed E-state index contributed by atoms with van der Waals surface area (Å²) in [7, 11) is 0. The molecule has 3 amide bonds. The van der Waals surface area contributed by atoms with Crippen molar-refractivity contribution in [2.24, 2.45) is 22.2 Å². The quantitative estimate of drug-likeness (QED) is 0.0521. The van der Waals surface area contributed by atoms with E-state index in [9.17, 15) is 29.1 Å². The fraction of sp³-hybridized carbons (Fsp3) is 0.333. The van der Waals surface area contributed by atoms with Gasteiger partial charge in [-0.15, -0.1) is 0 Å². The Morgan fingerprint density at radius 3 is 2.09 bits per heavy atom. The largest absolute Gasteiger partial charge is 0.481 e. The normalized spacial score (nSPS) is 13.5. The molecular formula is C30H38N8O7. The molecule has 1 aromatic heterocycles. The van der Waals surface area contributed by atoms with Crippen molar-refractivity contribution in [3.05, 3.63) is 71.9 Å². The minimum atomic E-state index is -1.74. The van der Waals surface area contributed by atoms with Gasteiger partial charge in [-0.3, -0.25) is 24.2 Å². The lowest BCUT2D eigenvalue weighted by molar-refractivity contribution is -0.147. The van der Waals surface area contributed by atoms with Crippen LogP contribution in [0.25, 0.3) is 10.9 Å². The zero-order valence-corrected chi connectivity index (χ0v) is 24.4. The fourth-order valence-corrected chi connectivity index (χ4v) is 4.66. The van der Waals surface area contributed by atoms with Crippen LogP contribution in [-0.4, -0.2) is 81.5 Å². The molecule has 0 saturated carbocycles. The predicted molar refractivity (Wildman–Crippen MR) is 166 cm³/mol. The van der Waals surface area contributed by atoms with Crippen LogP contribution in [0.3, 0.4) is 0 Å². The number of nitrogens with two attached hydrogens (primary N) is 3. The highest BCUT2D eigenvalue weighted by Crippen LogP contribution is 2.19. The number of carbonyl (C=O) groups is 5. The number of carboxylic acids is 2. The van der Waals surface area contributed by atoms with Gasteiger partial charge in [0.2, 0.25) is 17.7 Å². The van der Waals surface area contributed by atoms with E-state index in [-0.39, 0.29) is 38.2 Å². The minimum Gasteiger partial charge on any atom is -0.481 e. The molecule has 0 bridgehead atoms. The number of aliphatic imine (C=N–C) groups is 1. The molecule has 4 atom stereocenters. The number of hydrogen-bond acceptors (Lipinski definition) is 7. The first-order chi connectivity index (χ1) is 21.4. The molecular weight excluding hydrogens is 584 g/mol. The standard InChI is InChI=1S/C30H38N8O7/c31-20(14-18-16-35-21-10-5-4-9-19(18)21)26(41)37-23(13-17-7-2-1-3-8-17)28(43)36-22(11-6-12-34-30(32)33)27(42)38-24(29(44)45)15-25(39)40/h1-5,7-10,16,20,22-24,35H,6,11-15,31H2,(H,36,43)(H,37,41)(H,38,42)(H,39,40)(H,44,45)(H4,32,33,34). The van der Waals surface area contributed by atoms with Crippen molar-refractivity contribution in [3.63, 3.8) is 0 Å². The van der Waals surface area contributed by atoms with Crippen LogP contribution in [0.15, 0.2) is 65.8 Å². The van der Waals surface area contributed by atoms with Crippen LogP contribution < -0.4 is 33.2 Å². The summed E-state index contributed by atoms with van der Waals surface area (Å²) in [4.78, 5) is 69.7. The van der Waals surface area contributed by atoms with E-state index in [1.54, 1.807) is 36.5 Å². The Morgan fingerprint density at radius 2 is 1.42 bits per heavy atom. The summed E-state index contributed by atoms with van der Waals surface area (Å²) >= 11 is 0. The molecule has 0 fully saturated rings. The molecule has 15 heteroatoms. The van der Waals surface area contributed by atoms with Gasteiger partial charge in [0.25, 0.3) is 0 Å². The van der Waals surface area contributed by atoms with E-state index < -0.39 is 60.2 Å². The van der Waals surface area contributed by atoms with Gasteiger partial charge < -0.3 is 48.3 Å². The van der Waals surface area contributed by atoms with Gasteiger partial charge in [-0.1, -0.05) is 48.5 Å². The first-order valence-electron chi connectivity index (χ1n) is 14.2. The molecule has 2 aromatic carbocycles. The Labute approximate surface area is 258 Å². The first kappa shape index (κ1) is 34.1. The summed E-state index contributed by atoms with van der Waals surface area (Å²) in [6.45, 7) is 0.104. The molecule has 0 aliphatic rings. The van der Waals surface area contributed by atoms with Crippen LogP contribution in [0, 0.1) is 0 Å². The maximum atomic E-state index is 13.6. The molecule has 1 heterocycles. The molecule has 12 N–H and O–H groups in total. The van der Waals surface area contributed by atoms with Crippen molar-refractivity contribution in [2.45, 2.75) is 56.3 Å². The lowest BCUT2D eigenvalue weighted by Crippen LogP contribution is -2.58. The first-order valence-corrected chi connectivity index (χ1v) is 14.2. The molecule has 15 nitrogen and oxygen atoms in total. The van der Waals surface area contributed by atoms with E-state index in [2.05, 4.69) is 25.9 Å². The lowest BCUT2D eigenvalue weighted by atomic mass is 10.0. The third-order valence-electron chi connectivity index (χ3n) is 6.94. The topological polar surface area (TPSA) is 268 Å². The predicted octanol–water partition coefficient (Wildman–Crippen LogP) is -0.652. The molecule has 4 unspecified atom stereocenters. The zero-order valence-electron chi connectivity index (χ0n) is 24.4. The molecule has 0 aliphatic heterocycles. The van der Waals surface area contributed by atoms with Crippen molar-refractivity contribution in [3.8, 4) is 0 Å². The summed E-state index contributed by atoms with van der Waals surface area (Å²) in [5.74, 6) is -5.44. The van der Waals surface area contributed by atoms with E-state index >= 15 is 0 Å². The number of fused-ring (bicyclic) bond motifs is 1.